The molecule has 3 heteroatoms. The second-order valence-corrected chi connectivity index (χ2v) is 8.57. The summed E-state index contributed by atoms with van der Waals surface area (Å²) in [5, 5.41) is 0. The third-order valence-corrected chi connectivity index (χ3v) is 6.59. The number of ketones is 1. The molecular formula is C27H30N2O. The third kappa shape index (κ3) is 3.28. The molecule has 0 spiro atoms. The van der Waals surface area contributed by atoms with Crippen LogP contribution in [0.4, 0.5) is 0 Å². The molecule has 30 heavy (non-hydrogen) atoms. The molecule has 3 aromatic rings. The molecule has 0 radical (unpaired) electrons. The Morgan fingerprint density at radius 2 is 2.07 bits per heavy atom. The van der Waals surface area contributed by atoms with Crippen molar-refractivity contribution in [2.75, 3.05) is 0 Å². The maximum atomic E-state index is 12.8. The zero-order chi connectivity index (χ0) is 20.7. The standard InChI is InChI=1S/C27H26N2O.2H2/c1-3-19-12-17(2)23-13-18(9-10-22(19)23)14-25-27-20(6-4-8-26(27)30)15-24(29-25)21-7-5-11-28-16-21;;/h4-7,9-11,13,15-17,19H,3,8,12,14H2,1-2H3;2*1H. The number of nitrogens with zero attached hydrogens (tertiary/aromatic N) is 2. The summed E-state index contributed by atoms with van der Waals surface area (Å²) in [5.74, 6) is 1.43. The highest BCUT2D eigenvalue weighted by molar-refractivity contribution is 6.04. The SMILES string of the molecule is CCC1CC(C)c2cc(Cc3nc(-c4cccnc4)cc4c3C(=O)CC=C4)ccc21.[HH].[HH]. The summed E-state index contributed by atoms with van der Waals surface area (Å²) in [5.41, 5.74) is 8.68. The Bertz CT molecular complexity index is 1160. The maximum Gasteiger partial charge on any atom is 0.169 e. The quantitative estimate of drug-likeness (QED) is 0.484. The number of fused-ring (bicyclic) bond motifs is 2. The van der Waals surface area contributed by atoms with E-state index in [2.05, 4.69) is 43.1 Å². The fraction of sp³-hybridized carbons (Fsp3) is 0.296. The lowest BCUT2D eigenvalue weighted by Crippen LogP contribution is -2.12. The van der Waals surface area contributed by atoms with Gasteiger partial charge in [0.05, 0.1) is 11.4 Å². The summed E-state index contributed by atoms with van der Waals surface area (Å²) in [6.07, 6.45) is 11.2. The van der Waals surface area contributed by atoms with Crippen molar-refractivity contribution in [2.45, 2.75) is 51.4 Å². The smallest absolute Gasteiger partial charge is 0.169 e. The molecule has 0 saturated carbocycles. The lowest BCUT2D eigenvalue weighted by Gasteiger charge is -2.17. The van der Waals surface area contributed by atoms with Crippen LogP contribution in [-0.4, -0.2) is 15.8 Å². The molecule has 1 aromatic carbocycles. The zero-order valence-corrected chi connectivity index (χ0v) is 17.6. The van der Waals surface area contributed by atoms with Crippen LogP contribution < -0.4 is 0 Å². The number of pyridine rings is 2. The Hall–Kier alpha value is -3.07. The molecular weight excluding hydrogens is 368 g/mol. The molecule has 0 bridgehead atoms. The Labute approximate surface area is 180 Å². The summed E-state index contributed by atoms with van der Waals surface area (Å²) in [7, 11) is 0. The van der Waals surface area contributed by atoms with Crippen LogP contribution in [0, 0.1) is 0 Å². The minimum atomic E-state index is 0. The van der Waals surface area contributed by atoms with Crippen molar-refractivity contribution in [1.29, 1.82) is 0 Å². The number of carbonyl (C=O) groups is 1. The molecule has 2 aliphatic carbocycles. The van der Waals surface area contributed by atoms with Crippen LogP contribution in [0.1, 0.15) is 86.1 Å². The first-order valence-electron chi connectivity index (χ1n) is 10.9. The van der Waals surface area contributed by atoms with Crippen molar-refractivity contribution < 1.29 is 7.65 Å². The van der Waals surface area contributed by atoms with Crippen LogP contribution in [0.2, 0.25) is 0 Å². The van der Waals surface area contributed by atoms with E-state index in [0.717, 1.165) is 28.1 Å². The predicted molar refractivity (Wildman–Crippen MR) is 125 cm³/mol. The van der Waals surface area contributed by atoms with Crippen molar-refractivity contribution in [3.63, 3.8) is 0 Å². The normalized spacial score (nSPS) is 19.6. The number of aromatic nitrogens is 2. The van der Waals surface area contributed by atoms with E-state index in [1.807, 2.05) is 30.5 Å². The van der Waals surface area contributed by atoms with E-state index in [1.54, 1.807) is 6.20 Å². The van der Waals surface area contributed by atoms with Gasteiger partial charge in [-0.05, 0) is 65.1 Å². The fourth-order valence-corrected chi connectivity index (χ4v) is 5.05. The molecule has 0 fully saturated rings. The average Bonchev–Trinajstić information content (AvgIpc) is 3.09. The van der Waals surface area contributed by atoms with Crippen LogP contribution in [0.15, 0.2) is 54.9 Å². The van der Waals surface area contributed by atoms with E-state index in [9.17, 15) is 4.79 Å². The van der Waals surface area contributed by atoms with Crippen LogP contribution in [-0.2, 0) is 6.42 Å². The summed E-state index contributed by atoms with van der Waals surface area (Å²) < 4.78 is 0. The monoisotopic (exact) mass is 398 g/mol. The number of benzene rings is 1. The predicted octanol–water partition coefficient (Wildman–Crippen LogP) is 6.83. The van der Waals surface area contributed by atoms with Crippen LogP contribution in [0.25, 0.3) is 17.3 Å². The van der Waals surface area contributed by atoms with E-state index >= 15 is 0 Å². The third-order valence-electron chi connectivity index (χ3n) is 6.59. The van der Waals surface area contributed by atoms with Gasteiger partial charge >= 0.3 is 0 Å². The van der Waals surface area contributed by atoms with E-state index in [1.165, 1.54) is 29.5 Å². The second kappa shape index (κ2) is 7.64. The molecule has 0 N–H and O–H groups in total. The van der Waals surface area contributed by atoms with E-state index in [-0.39, 0.29) is 8.64 Å². The lowest BCUT2D eigenvalue weighted by molar-refractivity contribution is 0.0993. The molecule has 0 aliphatic heterocycles. The first-order valence-corrected chi connectivity index (χ1v) is 10.9. The first-order chi connectivity index (χ1) is 14.6. The Morgan fingerprint density at radius 1 is 1.17 bits per heavy atom. The number of allylic oxidation sites excluding steroid dienone is 1. The summed E-state index contributed by atoms with van der Waals surface area (Å²) in [6, 6.07) is 12.8. The maximum absolute atomic E-state index is 12.8. The zero-order valence-electron chi connectivity index (χ0n) is 17.6. The van der Waals surface area contributed by atoms with Crippen molar-refractivity contribution in [3.8, 4) is 11.3 Å². The van der Waals surface area contributed by atoms with Gasteiger partial charge in [-0.1, -0.05) is 44.2 Å². The molecule has 2 atom stereocenters. The highest BCUT2D eigenvalue weighted by Gasteiger charge is 2.27. The van der Waals surface area contributed by atoms with Crippen LogP contribution >= 0.6 is 0 Å². The number of carbonyl (C=O) groups excluding carboxylic acids is 1. The van der Waals surface area contributed by atoms with Gasteiger partial charge in [0.1, 0.15) is 0 Å². The van der Waals surface area contributed by atoms with E-state index in [0.29, 0.717) is 24.7 Å². The molecule has 2 aliphatic rings. The van der Waals surface area contributed by atoms with Gasteiger partial charge in [0.2, 0.25) is 0 Å². The van der Waals surface area contributed by atoms with Gasteiger partial charge in [0, 0.05) is 39.2 Å². The average molecular weight is 399 g/mol. The summed E-state index contributed by atoms with van der Waals surface area (Å²) in [6.45, 7) is 4.61. The van der Waals surface area contributed by atoms with E-state index < -0.39 is 0 Å². The van der Waals surface area contributed by atoms with Gasteiger partial charge in [-0.25, -0.2) is 0 Å². The number of hydrogen-bond acceptors (Lipinski definition) is 3. The van der Waals surface area contributed by atoms with E-state index in [4.69, 9.17) is 4.98 Å². The molecule has 0 amide bonds. The van der Waals surface area contributed by atoms with Gasteiger partial charge in [0.15, 0.2) is 5.78 Å². The van der Waals surface area contributed by atoms with Crippen molar-refractivity contribution in [1.82, 2.24) is 9.97 Å². The molecule has 2 heterocycles. The highest BCUT2D eigenvalue weighted by Crippen LogP contribution is 2.43. The number of Topliss-reactive ketones (excluding diaryl/α,β-unsaturated/α-hetero) is 1. The van der Waals surface area contributed by atoms with Gasteiger partial charge in [-0.2, -0.15) is 0 Å². The minimum Gasteiger partial charge on any atom is -0.294 e. The Balaban J connectivity index is 0.00000144. The molecule has 5 rings (SSSR count). The molecule has 2 aromatic heterocycles. The Morgan fingerprint density at radius 3 is 2.87 bits per heavy atom. The van der Waals surface area contributed by atoms with Crippen LogP contribution in [0.3, 0.4) is 0 Å². The topological polar surface area (TPSA) is 42.9 Å². The molecule has 154 valence electrons. The fourth-order valence-electron chi connectivity index (χ4n) is 5.05. The van der Waals surface area contributed by atoms with Crippen LogP contribution in [0.5, 0.6) is 0 Å². The Kier molecular flexibility index (Phi) is 4.82. The van der Waals surface area contributed by atoms with Gasteiger partial charge in [-0.15, -0.1) is 0 Å². The number of hydrogen-bond donors (Lipinski definition) is 0. The van der Waals surface area contributed by atoms with Crippen molar-refractivity contribution in [2.24, 2.45) is 0 Å². The summed E-state index contributed by atoms with van der Waals surface area (Å²) >= 11 is 0. The van der Waals surface area contributed by atoms with Gasteiger partial charge in [0.25, 0.3) is 0 Å². The molecule has 0 saturated heterocycles. The lowest BCUT2D eigenvalue weighted by atomic mass is 9.90. The molecule has 2 unspecified atom stereocenters. The highest BCUT2D eigenvalue weighted by atomic mass is 16.1. The summed E-state index contributed by atoms with van der Waals surface area (Å²) in [4.78, 5) is 22.0. The van der Waals surface area contributed by atoms with Crippen molar-refractivity contribution >= 4 is 11.9 Å². The van der Waals surface area contributed by atoms with Crippen molar-refractivity contribution in [3.05, 3.63) is 88.4 Å². The molecule has 3 nitrogen and oxygen atoms in total. The van der Waals surface area contributed by atoms with Gasteiger partial charge in [-0.3, -0.25) is 14.8 Å². The first kappa shape index (κ1) is 18.9. The largest absolute Gasteiger partial charge is 0.294 e. The second-order valence-electron chi connectivity index (χ2n) is 8.57. The number of rotatable bonds is 4. The minimum absolute atomic E-state index is 0. The van der Waals surface area contributed by atoms with Gasteiger partial charge < -0.3 is 0 Å².